The van der Waals surface area contributed by atoms with Crippen LogP contribution in [-0.2, 0) is 14.4 Å². The SMILES string of the molecule is C[C@H](NC(=O)c1ccccc1)C(=O)N[C@@H](CCC(=O)O)C(=O)O. The number of carboxylic acid groups (broad SMARTS) is 2. The molecular weight excluding hydrogens is 304 g/mol. The molecule has 0 aliphatic heterocycles. The summed E-state index contributed by atoms with van der Waals surface area (Å²) < 4.78 is 0. The van der Waals surface area contributed by atoms with Gasteiger partial charge >= 0.3 is 11.9 Å². The van der Waals surface area contributed by atoms with Crippen LogP contribution in [0.25, 0.3) is 0 Å². The Balaban J connectivity index is 2.59. The fraction of sp³-hybridized carbons (Fsp3) is 0.333. The quantitative estimate of drug-likeness (QED) is 0.542. The van der Waals surface area contributed by atoms with Crippen LogP contribution in [0.1, 0.15) is 30.1 Å². The van der Waals surface area contributed by atoms with Gasteiger partial charge in [-0.3, -0.25) is 14.4 Å². The maximum Gasteiger partial charge on any atom is 0.326 e. The van der Waals surface area contributed by atoms with Crippen molar-refractivity contribution in [1.82, 2.24) is 10.6 Å². The Morgan fingerprint density at radius 2 is 1.65 bits per heavy atom. The molecule has 1 aromatic carbocycles. The topological polar surface area (TPSA) is 133 Å². The Kier molecular flexibility index (Phi) is 6.72. The van der Waals surface area contributed by atoms with Crippen molar-refractivity contribution < 1.29 is 29.4 Å². The molecule has 2 amide bonds. The van der Waals surface area contributed by atoms with E-state index in [1.807, 2.05) is 0 Å². The second-order valence-electron chi connectivity index (χ2n) is 4.89. The first kappa shape index (κ1) is 18.1. The number of amides is 2. The van der Waals surface area contributed by atoms with Gasteiger partial charge < -0.3 is 20.8 Å². The lowest BCUT2D eigenvalue weighted by Gasteiger charge is -2.18. The van der Waals surface area contributed by atoms with Crippen LogP contribution in [0.4, 0.5) is 0 Å². The van der Waals surface area contributed by atoms with Crippen LogP contribution < -0.4 is 10.6 Å². The van der Waals surface area contributed by atoms with E-state index in [-0.39, 0.29) is 12.8 Å². The number of hydrogen-bond acceptors (Lipinski definition) is 4. The Labute approximate surface area is 132 Å². The highest BCUT2D eigenvalue weighted by Crippen LogP contribution is 2.01. The van der Waals surface area contributed by atoms with Crippen molar-refractivity contribution in [3.05, 3.63) is 35.9 Å². The van der Waals surface area contributed by atoms with Crippen LogP contribution in [0.5, 0.6) is 0 Å². The first-order valence-corrected chi connectivity index (χ1v) is 6.92. The third-order valence-corrected chi connectivity index (χ3v) is 3.04. The minimum Gasteiger partial charge on any atom is -0.481 e. The number of carbonyl (C=O) groups excluding carboxylic acids is 2. The second kappa shape index (κ2) is 8.52. The number of hydrogen-bond donors (Lipinski definition) is 4. The van der Waals surface area contributed by atoms with Crippen molar-refractivity contribution in [1.29, 1.82) is 0 Å². The number of carbonyl (C=O) groups is 4. The smallest absolute Gasteiger partial charge is 0.326 e. The third kappa shape index (κ3) is 6.16. The number of nitrogens with one attached hydrogen (secondary N) is 2. The standard InChI is InChI=1S/C15H18N2O6/c1-9(16-14(21)10-5-3-2-4-6-10)13(20)17-11(15(22)23)7-8-12(18)19/h2-6,9,11H,7-8H2,1H3,(H,16,21)(H,17,20)(H,18,19)(H,22,23)/t9-,11-/m0/s1. The van der Waals surface area contributed by atoms with E-state index in [1.54, 1.807) is 30.3 Å². The number of carboxylic acids is 2. The maximum atomic E-state index is 11.9. The monoisotopic (exact) mass is 322 g/mol. The second-order valence-corrected chi connectivity index (χ2v) is 4.89. The van der Waals surface area contributed by atoms with Crippen LogP contribution in [0, 0.1) is 0 Å². The molecule has 0 aliphatic rings. The summed E-state index contributed by atoms with van der Waals surface area (Å²) in [7, 11) is 0. The molecule has 23 heavy (non-hydrogen) atoms. The molecule has 0 aromatic heterocycles. The summed E-state index contributed by atoms with van der Waals surface area (Å²) in [5, 5.41) is 22.2. The van der Waals surface area contributed by atoms with E-state index in [1.165, 1.54) is 6.92 Å². The first-order valence-electron chi connectivity index (χ1n) is 6.92. The van der Waals surface area contributed by atoms with Gasteiger partial charge in [0.15, 0.2) is 0 Å². The van der Waals surface area contributed by atoms with E-state index in [0.29, 0.717) is 5.56 Å². The number of aliphatic carboxylic acids is 2. The predicted molar refractivity (Wildman–Crippen MR) is 79.8 cm³/mol. The fourth-order valence-corrected chi connectivity index (χ4v) is 1.76. The zero-order valence-electron chi connectivity index (χ0n) is 12.5. The van der Waals surface area contributed by atoms with E-state index in [0.717, 1.165) is 0 Å². The molecular formula is C15H18N2O6. The van der Waals surface area contributed by atoms with Gasteiger partial charge in [-0.25, -0.2) is 4.79 Å². The summed E-state index contributed by atoms with van der Waals surface area (Å²) in [5.74, 6) is -3.66. The molecule has 0 bridgehead atoms. The van der Waals surface area contributed by atoms with Gasteiger partial charge in [-0.15, -0.1) is 0 Å². The molecule has 1 rings (SSSR count). The molecule has 0 saturated heterocycles. The largest absolute Gasteiger partial charge is 0.481 e. The molecule has 1 aromatic rings. The first-order chi connectivity index (χ1) is 10.8. The highest BCUT2D eigenvalue weighted by atomic mass is 16.4. The molecule has 8 nitrogen and oxygen atoms in total. The zero-order chi connectivity index (χ0) is 17.4. The molecule has 0 spiro atoms. The Morgan fingerprint density at radius 3 is 2.17 bits per heavy atom. The molecule has 0 unspecified atom stereocenters. The molecule has 0 radical (unpaired) electrons. The van der Waals surface area contributed by atoms with E-state index >= 15 is 0 Å². The lowest BCUT2D eigenvalue weighted by Crippen LogP contribution is -2.50. The van der Waals surface area contributed by atoms with Crippen molar-refractivity contribution >= 4 is 23.8 Å². The van der Waals surface area contributed by atoms with Crippen molar-refractivity contribution in [3.63, 3.8) is 0 Å². The van der Waals surface area contributed by atoms with Crippen molar-refractivity contribution in [3.8, 4) is 0 Å². The van der Waals surface area contributed by atoms with Gasteiger partial charge in [-0.2, -0.15) is 0 Å². The van der Waals surface area contributed by atoms with Crippen LogP contribution in [0.15, 0.2) is 30.3 Å². The van der Waals surface area contributed by atoms with Gasteiger partial charge in [0.05, 0.1) is 0 Å². The van der Waals surface area contributed by atoms with Gasteiger partial charge in [0.25, 0.3) is 5.91 Å². The van der Waals surface area contributed by atoms with Gasteiger partial charge in [0.2, 0.25) is 5.91 Å². The van der Waals surface area contributed by atoms with E-state index < -0.39 is 35.8 Å². The normalized spacial score (nSPS) is 12.7. The van der Waals surface area contributed by atoms with Gasteiger partial charge in [0.1, 0.15) is 12.1 Å². The van der Waals surface area contributed by atoms with Crippen LogP contribution >= 0.6 is 0 Å². The summed E-state index contributed by atoms with van der Waals surface area (Å²) in [6.07, 6.45) is -0.627. The van der Waals surface area contributed by atoms with Crippen LogP contribution in [0.2, 0.25) is 0 Å². The highest BCUT2D eigenvalue weighted by Gasteiger charge is 2.24. The Hall–Kier alpha value is -2.90. The molecule has 0 heterocycles. The summed E-state index contributed by atoms with van der Waals surface area (Å²) in [6, 6.07) is 5.95. The van der Waals surface area contributed by atoms with Crippen molar-refractivity contribution in [2.75, 3.05) is 0 Å². The van der Waals surface area contributed by atoms with Crippen LogP contribution in [0.3, 0.4) is 0 Å². The van der Waals surface area contributed by atoms with Gasteiger partial charge in [0, 0.05) is 12.0 Å². The fourth-order valence-electron chi connectivity index (χ4n) is 1.76. The summed E-state index contributed by atoms with van der Waals surface area (Å²) in [4.78, 5) is 45.3. The van der Waals surface area contributed by atoms with E-state index in [2.05, 4.69) is 10.6 Å². The van der Waals surface area contributed by atoms with E-state index in [9.17, 15) is 19.2 Å². The third-order valence-electron chi connectivity index (χ3n) is 3.04. The van der Waals surface area contributed by atoms with Crippen LogP contribution in [-0.4, -0.2) is 46.0 Å². The molecule has 0 aliphatic carbocycles. The minimum absolute atomic E-state index is 0.240. The Morgan fingerprint density at radius 1 is 1.04 bits per heavy atom. The number of rotatable bonds is 8. The average molecular weight is 322 g/mol. The molecule has 2 atom stereocenters. The lowest BCUT2D eigenvalue weighted by molar-refractivity contribution is -0.143. The van der Waals surface area contributed by atoms with Gasteiger partial charge in [-0.05, 0) is 25.5 Å². The summed E-state index contributed by atoms with van der Waals surface area (Å²) in [6.45, 7) is 1.41. The molecule has 0 fully saturated rings. The average Bonchev–Trinajstić information content (AvgIpc) is 2.51. The maximum absolute atomic E-state index is 11.9. The predicted octanol–water partition coefficient (Wildman–Crippen LogP) is 0.239. The highest BCUT2D eigenvalue weighted by molar-refractivity contribution is 5.97. The molecule has 0 saturated carbocycles. The lowest BCUT2D eigenvalue weighted by atomic mass is 10.1. The van der Waals surface area contributed by atoms with E-state index in [4.69, 9.17) is 10.2 Å². The summed E-state index contributed by atoms with van der Waals surface area (Å²) >= 11 is 0. The molecule has 124 valence electrons. The zero-order valence-corrected chi connectivity index (χ0v) is 12.5. The number of benzene rings is 1. The van der Waals surface area contributed by atoms with Gasteiger partial charge in [-0.1, -0.05) is 18.2 Å². The summed E-state index contributed by atoms with van der Waals surface area (Å²) in [5.41, 5.74) is 0.368. The molecule has 4 N–H and O–H groups in total. The van der Waals surface area contributed by atoms with Crippen molar-refractivity contribution in [2.24, 2.45) is 0 Å². The Bertz CT molecular complexity index is 587. The van der Waals surface area contributed by atoms with Crippen molar-refractivity contribution in [2.45, 2.75) is 31.8 Å². The minimum atomic E-state index is -1.33. The molecule has 8 heteroatoms.